The summed E-state index contributed by atoms with van der Waals surface area (Å²) in [5.41, 5.74) is 1.73. The number of guanidine groups is 1. The van der Waals surface area contributed by atoms with Crippen molar-refractivity contribution in [3.8, 4) is 6.07 Å². The number of hydrogen-bond acceptors (Lipinski definition) is 4. The van der Waals surface area contributed by atoms with Gasteiger partial charge in [-0.05, 0) is 37.5 Å². The molecule has 1 atom stereocenters. The Kier molecular flexibility index (Phi) is 9.27. The fraction of sp³-hybridized carbons (Fsp3) is 0.500. The van der Waals surface area contributed by atoms with Crippen molar-refractivity contribution >= 4 is 35.9 Å². The van der Waals surface area contributed by atoms with Gasteiger partial charge in [0, 0.05) is 26.7 Å². The van der Waals surface area contributed by atoms with Crippen LogP contribution in [0, 0.1) is 17.2 Å². The van der Waals surface area contributed by atoms with Gasteiger partial charge in [-0.25, -0.2) is 0 Å². The maximum atomic E-state index is 12.0. The number of rotatable bonds is 4. The number of nitrogens with zero attached hydrogens (tertiary/aromatic N) is 3. The second-order valence-electron chi connectivity index (χ2n) is 5.75. The highest BCUT2D eigenvalue weighted by Gasteiger charge is 2.28. The first-order valence-corrected chi connectivity index (χ1v) is 8.29. The number of halogens is 1. The molecule has 0 radical (unpaired) electrons. The topological polar surface area (TPSA) is 77.7 Å². The van der Waals surface area contributed by atoms with Crippen LogP contribution in [0.1, 0.15) is 30.9 Å². The number of carbonyl (C=O) groups excluding carboxylic acids is 1. The number of nitriles is 1. The first-order chi connectivity index (χ1) is 11.7. The van der Waals surface area contributed by atoms with Crippen molar-refractivity contribution in [2.45, 2.75) is 26.3 Å². The Bertz CT molecular complexity index is 625. The van der Waals surface area contributed by atoms with Gasteiger partial charge < -0.3 is 15.0 Å². The van der Waals surface area contributed by atoms with Gasteiger partial charge in [0.25, 0.3) is 0 Å². The summed E-state index contributed by atoms with van der Waals surface area (Å²) in [6, 6.07) is 9.57. The molecular weight excluding hydrogens is 431 g/mol. The molecule has 1 aliphatic rings. The molecule has 136 valence electrons. The van der Waals surface area contributed by atoms with Crippen molar-refractivity contribution < 1.29 is 9.53 Å². The summed E-state index contributed by atoms with van der Waals surface area (Å²) in [6.45, 7) is 4.38. The highest BCUT2D eigenvalue weighted by Crippen LogP contribution is 2.18. The Balaban J connectivity index is 0.00000312. The van der Waals surface area contributed by atoms with E-state index in [4.69, 9.17) is 10.00 Å². The van der Waals surface area contributed by atoms with Crippen LogP contribution in [-0.2, 0) is 16.1 Å². The van der Waals surface area contributed by atoms with Gasteiger partial charge in [-0.1, -0.05) is 12.1 Å². The van der Waals surface area contributed by atoms with Gasteiger partial charge in [-0.15, -0.1) is 24.0 Å². The Hall–Kier alpha value is -1.82. The van der Waals surface area contributed by atoms with Crippen LogP contribution >= 0.6 is 24.0 Å². The van der Waals surface area contributed by atoms with Crippen LogP contribution in [0.4, 0.5) is 0 Å². The highest BCUT2D eigenvalue weighted by molar-refractivity contribution is 14.0. The Morgan fingerprint density at radius 2 is 2.16 bits per heavy atom. The number of hydrogen-bond donors (Lipinski definition) is 1. The third-order valence-corrected chi connectivity index (χ3v) is 4.09. The standard InChI is InChI=1S/C18H24N4O2.HI/c1-3-24-17(23)16-5-4-10-22(13-16)18(20-2)21-12-15-8-6-14(11-19)7-9-15;/h6-9,16H,3-5,10,12-13H2,1-2H3,(H,20,21);1H. The van der Waals surface area contributed by atoms with Crippen LogP contribution in [0.25, 0.3) is 0 Å². The van der Waals surface area contributed by atoms with Crippen LogP contribution in [0.3, 0.4) is 0 Å². The highest BCUT2D eigenvalue weighted by atomic mass is 127. The quantitative estimate of drug-likeness (QED) is 0.326. The average molecular weight is 456 g/mol. The number of piperidine rings is 1. The summed E-state index contributed by atoms with van der Waals surface area (Å²) in [5, 5.41) is 12.2. The summed E-state index contributed by atoms with van der Waals surface area (Å²) >= 11 is 0. The largest absolute Gasteiger partial charge is 0.466 e. The third-order valence-electron chi connectivity index (χ3n) is 4.09. The van der Waals surface area contributed by atoms with Crippen molar-refractivity contribution in [2.75, 3.05) is 26.7 Å². The summed E-state index contributed by atoms with van der Waals surface area (Å²) in [7, 11) is 1.75. The SMILES string of the molecule is CCOC(=O)C1CCCN(C(=NC)NCc2ccc(C#N)cc2)C1.I. The van der Waals surface area contributed by atoms with Gasteiger partial charge in [0.05, 0.1) is 24.2 Å². The van der Waals surface area contributed by atoms with Gasteiger partial charge >= 0.3 is 5.97 Å². The zero-order chi connectivity index (χ0) is 17.4. The molecule has 1 aromatic rings. The van der Waals surface area contributed by atoms with Crippen molar-refractivity contribution in [3.63, 3.8) is 0 Å². The van der Waals surface area contributed by atoms with Gasteiger partial charge in [-0.3, -0.25) is 9.79 Å². The smallest absolute Gasteiger partial charge is 0.310 e. The second kappa shape index (κ2) is 10.9. The van der Waals surface area contributed by atoms with E-state index in [2.05, 4.69) is 21.3 Å². The molecular formula is C18H25IN4O2. The monoisotopic (exact) mass is 456 g/mol. The molecule has 0 amide bonds. The minimum atomic E-state index is -0.121. The molecule has 1 fully saturated rings. The van der Waals surface area contributed by atoms with Crippen molar-refractivity contribution in [1.29, 1.82) is 5.26 Å². The fourth-order valence-electron chi connectivity index (χ4n) is 2.83. The normalized spacial score (nSPS) is 17.2. The van der Waals surface area contributed by atoms with E-state index in [-0.39, 0.29) is 35.9 Å². The van der Waals surface area contributed by atoms with Crippen LogP contribution in [0.5, 0.6) is 0 Å². The molecule has 1 aromatic carbocycles. The van der Waals surface area contributed by atoms with E-state index in [0.717, 1.165) is 30.9 Å². The minimum Gasteiger partial charge on any atom is -0.466 e. The molecule has 25 heavy (non-hydrogen) atoms. The molecule has 7 heteroatoms. The lowest BCUT2D eigenvalue weighted by Crippen LogP contribution is -2.48. The number of aliphatic imine (C=N–C) groups is 1. The summed E-state index contributed by atoms with van der Waals surface area (Å²) in [6.07, 6.45) is 1.81. The van der Waals surface area contributed by atoms with Crippen LogP contribution < -0.4 is 5.32 Å². The number of carbonyl (C=O) groups is 1. The fourth-order valence-corrected chi connectivity index (χ4v) is 2.83. The predicted molar refractivity (Wildman–Crippen MR) is 108 cm³/mol. The molecule has 1 unspecified atom stereocenters. The van der Waals surface area contributed by atoms with Crippen LogP contribution in [-0.4, -0.2) is 43.6 Å². The zero-order valence-electron chi connectivity index (χ0n) is 14.7. The van der Waals surface area contributed by atoms with E-state index < -0.39 is 0 Å². The Labute approximate surface area is 166 Å². The van der Waals surface area contributed by atoms with Crippen molar-refractivity contribution in [1.82, 2.24) is 10.2 Å². The molecule has 1 aliphatic heterocycles. The number of esters is 1. The second-order valence-corrected chi connectivity index (χ2v) is 5.75. The summed E-state index contributed by atoms with van der Waals surface area (Å²) in [4.78, 5) is 18.4. The molecule has 0 aliphatic carbocycles. The maximum Gasteiger partial charge on any atom is 0.310 e. The van der Waals surface area contributed by atoms with Gasteiger partial charge in [0.15, 0.2) is 5.96 Å². The molecule has 1 heterocycles. The Morgan fingerprint density at radius 3 is 2.76 bits per heavy atom. The third kappa shape index (κ3) is 6.20. The molecule has 1 saturated heterocycles. The average Bonchev–Trinajstić information content (AvgIpc) is 2.63. The lowest BCUT2D eigenvalue weighted by atomic mass is 9.98. The first kappa shape index (κ1) is 21.2. The number of benzene rings is 1. The molecule has 0 saturated carbocycles. The van der Waals surface area contributed by atoms with E-state index in [1.54, 1.807) is 19.2 Å². The maximum absolute atomic E-state index is 12.0. The van der Waals surface area contributed by atoms with Crippen molar-refractivity contribution in [2.24, 2.45) is 10.9 Å². The number of likely N-dealkylation sites (tertiary alicyclic amines) is 1. The molecule has 1 N–H and O–H groups in total. The van der Waals surface area contributed by atoms with E-state index in [0.29, 0.717) is 25.3 Å². The molecule has 6 nitrogen and oxygen atoms in total. The van der Waals surface area contributed by atoms with E-state index in [1.807, 2.05) is 19.1 Å². The van der Waals surface area contributed by atoms with E-state index >= 15 is 0 Å². The van der Waals surface area contributed by atoms with Gasteiger partial charge in [0.1, 0.15) is 0 Å². The molecule has 0 bridgehead atoms. The molecule has 0 spiro atoms. The number of ether oxygens (including phenoxy) is 1. The van der Waals surface area contributed by atoms with E-state index in [9.17, 15) is 4.79 Å². The predicted octanol–water partition coefficient (Wildman–Crippen LogP) is 2.53. The zero-order valence-corrected chi connectivity index (χ0v) is 17.0. The van der Waals surface area contributed by atoms with E-state index in [1.165, 1.54) is 0 Å². The number of nitrogens with one attached hydrogen (secondary N) is 1. The summed E-state index contributed by atoms with van der Waals surface area (Å²) < 4.78 is 5.14. The van der Waals surface area contributed by atoms with Crippen molar-refractivity contribution in [3.05, 3.63) is 35.4 Å². The minimum absolute atomic E-state index is 0. The van der Waals surface area contributed by atoms with Gasteiger partial charge in [0.2, 0.25) is 0 Å². The molecule has 2 rings (SSSR count). The Morgan fingerprint density at radius 1 is 1.44 bits per heavy atom. The van der Waals surface area contributed by atoms with Gasteiger partial charge in [-0.2, -0.15) is 5.26 Å². The van der Waals surface area contributed by atoms with Crippen LogP contribution in [0.2, 0.25) is 0 Å². The lowest BCUT2D eigenvalue weighted by Gasteiger charge is -2.34. The molecule has 0 aromatic heterocycles. The summed E-state index contributed by atoms with van der Waals surface area (Å²) in [5.74, 6) is 0.574. The first-order valence-electron chi connectivity index (χ1n) is 8.29. The van der Waals surface area contributed by atoms with Crippen LogP contribution in [0.15, 0.2) is 29.3 Å². The lowest BCUT2D eigenvalue weighted by molar-refractivity contribution is -0.149.